The Morgan fingerprint density at radius 2 is 1.28 bits per heavy atom. The molecule has 0 fully saturated rings. The van der Waals surface area contributed by atoms with E-state index in [4.69, 9.17) is 0 Å². The molecular formula is C10H19N5O2S. The van der Waals surface area contributed by atoms with Crippen molar-refractivity contribution in [3.05, 3.63) is 0 Å². The van der Waals surface area contributed by atoms with Gasteiger partial charge in [-0.15, -0.1) is 0 Å². The van der Waals surface area contributed by atoms with Gasteiger partial charge in [-0.2, -0.15) is 15.0 Å². The molecule has 0 aliphatic carbocycles. The third-order valence-corrected chi connectivity index (χ3v) is 2.18. The molecule has 0 atom stereocenters. The van der Waals surface area contributed by atoms with E-state index in [-0.39, 0.29) is 11.9 Å². The molecule has 0 aromatic carbocycles. The van der Waals surface area contributed by atoms with Crippen LogP contribution in [0.2, 0.25) is 0 Å². The van der Waals surface area contributed by atoms with E-state index in [0.29, 0.717) is 5.16 Å². The Balaban J connectivity index is 3.02. The Morgan fingerprint density at radius 3 is 1.56 bits per heavy atom. The second kappa shape index (κ2) is 5.25. The highest BCUT2D eigenvalue weighted by atomic mass is 32.2. The molecule has 0 radical (unpaired) electrons. The molecule has 0 saturated heterocycles. The van der Waals surface area contributed by atoms with Crippen LogP contribution in [0.3, 0.4) is 0 Å². The van der Waals surface area contributed by atoms with Gasteiger partial charge in [0.1, 0.15) is 11.4 Å². The fourth-order valence-corrected chi connectivity index (χ4v) is 1.46. The van der Waals surface area contributed by atoms with Crippen molar-refractivity contribution in [2.75, 3.05) is 16.9 Å². The van der Waals surface area contributed by atoms with Crippen LogP contribution in [0.5, 0.6) is 0 Å². The topological polar surface area (TPSA) is 103 Å². The lowest BCUT2D eigenvalue weighted by Gasteiger charge is -2.22. The minimum atomic E-state index is -1.14. The highest BCUT2D eigenvalue weighted by molar-refractivity contribution is 7.98. The van der Waals surface area contributed by atoms with Crippen LogP contribution in [0.4, 0.5) is 11.9 Å². The molecule has 0 unspecified atom stereocenters. The first kappa shape index (κ1) is 14.9. The number of hydrogen-bond donors (Lipinski definition) is 4. The number of anilines is 2. The monoisotopic (exact) mass is 273 g/mol. The third kappa shape index (κ3) is 5.48. The van der Waals surface area contributed by atoms with E-state index in [1.54, 1.807) is 27.7 Å². The van der Waals surface area contributed by atoms with E-state index in [9.17, 15) is 10.2 Å². The summed E-state index contributed by atoms with van der Waals surface area (Å²) in [5, 5.41) is 25.3. The van der Waals surface area contributed by atoms with Crippen LogP contribution in [-0.4, -0.2) is 42.9 Å². The summed E-state index contributed by atoms with van der Waals surface area (Å²) in [6.45, 7) is 6.33. The summed E-state index contributed by atoms with van der Waals surface area (Å²) in [6.07, 6.45) is 1.83. The van der Waals surface area contributed by atoms with Gasteiger partial charge in [0.15, 0.2) is 5.16 Å². The first-order chi connectivity index (χ1) is 8.09. The standard InChI is InChI=1S/C10H19N5O2S/c1-9(2,16)14-6-11-7(15-10(3,4)17)13-8(12-6)18-5/h16-17H,1-5H3,(H2,11,12,13,14,15). The lowest BCUT2D eigenvalue weighted by molar-refractivity contribution is 0.109. The maximum Gasteiger partial charge on any atom is 0.230 e. The Hall–Kier alpha value is -1.12. The largest absolute Gasteiger partial charge is 0.372 e. The zero-order valence-corrected chi connectivity index (χ0v) is 12.0. The fraction of sp³-hybridized carbons (Fsp3) is 0.700. The maximum atomic E-state index is 9.67. The number of hydrogen-bond acceptors (Lipinski definition) is 8. The van der Waals surface area contributed by atoms with Crippen molar-refractivity contribution in [2.45, 2.75) is 44.3 Å². The number of thioether (sulfide) groups is 1. The molecule has 0 bridgehead atoms. The van der Waals surface area contributed by atoms with Crippen LogP contribution >= 0.6 is 11.8 Å². The van der Waals surface area contributed by atoms with Gasteiger partial charge in [0.25, 0.3) is 0 Å². The number of aromatic nitrogens is 3. The first-order valence-electron chi connectivity index (χ1n) is 5.40. The average molecular weight is 273 g/mol. The molecule has 7 nitrogen and oxygen atoms in total. The summed E-state index contributed by atoms with van der Waals surface area (Å²) in [5.41, 5.74) is -2.27. The SMILES string of the molecule is CSc1nc(NC(C)(C)O)nc(NC(C)(C)O)n1. The molecule has 0 spiro atoms. The van der Waals surface area contributed by atoms with E-state index < -0.39 is 11.4 Å². The van der Waals surface area contributed by atoms with Crippen molar-refractivity contribution in [3.63, 3.8) is 0 Å². The summed E-state index contributed by atoms with van der Waals surface area (Å²) in [6, 6.07) is 0. The van der Waals surface area contributed by atoms with Crippen molar-refractivity contribution in [2.24, 2.45) is 0 Å². The van der Waals surface area contributed by atoms with Crippen LogP contribution in [-0.2, 0) is 0 Å². The highest BCUT2D eigenvalue weighted by Crippen LogP contribution is 2.17. The lowest BCUT2D eigenvalue weighted by atomic mass is 10.3. The Labute approximate surface area is 110 Å². The molecule has 4 N–H and O–H groups in total. The maximum absolute atomic E-state index is 9.67. The second-order valence-corrected chi connectivity index (χ2v) is 5.61. The zero-order chi connectivity index (χ0) is 14.0. The van der Waals surface area contributed by atoms with Crippen molar-refractivity contribution in [3.8, 4) is 0 Å². The van der Waals surface area contributed by atoms with Gasteiger partial charge in [-0.3, -0.25) is 0 Å². The minimum absolute atomic E-state index is 0.244. The quantitative estimate of drug-likeness (QED) is 0.463. The van der Waals surface area contributed by atoms with Gasteiger partial charge in [-0.05, 0) is 34.0 Å². The first-order valence-corrected chi connectivity index (χ1v) is 6.63. The van der Waals surface area contributed by atoms with Gasteiger partial charge >= 0.3 is 0 Å². The highest BCUT2D eigenvalue weighted by Gasteiger charge is 2.18. The predicted octanol–water partition coefficient (Wildman–Crippen LogP) is 0.874. The van der Waals surface area contributed by atoms with Gasteiger partial charge in [0.05, 0.1) is 0 Å². The molecule has 8 heteroatoms. The third-order valence-electron chi connectivity index (χ3n) is 1.63. The summed E-state index contributed by atoms with van der Waals surface area (Å²) in [5.74, 6) is 0.488. The van der Waals surface area contributed by atoms with Crippen molar-refractivity contribution < 1.29 is 10.2 Å². The normalized spacial score (nSPS) is 12.4. The van der Waals surface area contributed by atoms with Crippen molar-refractivity contribution in [1.82, 2.24) is 15.0 Å². The Bertz CT molecular complexity index is 379. The summed E-state index contributed by atoms with van der Waals surface area (Å²) in [7, 11) is 0. The van der Waals surface area contributed by atoms with E-state index in [1.807, 2.05) is 6.26 Å². The van der Waals surface area contributed by atoms with E-state index in [0.717, 1.165) is 0 Å². The van der Waals surface area contributed by atoms with Crippen LogP contribution in [0, 0.1) is 0 Å². The molecule has 1 aromatic rings. The Kier molecular flexibility index (Phi) is 4.36. The molecule has 0 aliphatic rings. The van der Waals surface area contributed by atoms with Crippen LogP contribution in [0.25, 0.3) is 0 Å². The summed E-state index contributed by atoms with van der Waals surface area (Å²) < 4.78 is 0. The summed E-state index contributed by atoms with van der Waals surface area (Å²) in [4.78, 5) is 12.3. The lowest BCUT2D eigenvalue weighted by Crippen LogP contribution is -2.33. The smallest absolute Gasteiger partial charge is 0.230 e. The Morgan fingerprint density at radius 1 is 0.889 bits per heavy atom. The van der Waals surface area contributed by atoms with E-state index in [2.05, 4.69) is 25.6 Å². The molecule has 1 heterocycles. The fourth-order valence-electron chi connectivity index (χ4n) is 1.11. The number of nitrogens with zero attached hydrogens (tertiary/aromatic N) is 3. The summed E-state index contributed by atoms with van der Waals surface area (Å²) >= 11 is 1.34. The average Bonchev–Trinajstić information content (AvgIpc) is 2.11. The van der Waals surface area contributed by atoms with Gasteiger partial charge in [-0.1, -0.05) is 11.8 Å². The van der Waals surface area contributed by atoms with E-state index in [1.165, 1.54) is 11.8 Å². The van der Waals surface area contributed by atoms with Crippen molar-refractivity contribution in [1.29, 1.82) is 0 Å². The number of rotatable bonds is 5. The molecule has 1 rings (SSSR count). The zero-order valence-electron chi connectivity index (χ0n) is 11.1. The van der Waals surface area contributed by atoms with Gasteiger partial charge in [0, 0.05) is 0 Å². The second-order valence-electron chi connectivity index (χ2n) is 4.84. The number of aliphatic hydroxyl groups is 2. The predicted molar refractivity (Wildman–Crippen MR) is 71.4 cm³/mol. The number of nitrogens with one attached hydrogen (secondary N) is 2. The molecule has 18 heavy (non-hydrogen) atoms. The van der Waals surface area contributed by atoms with Gasteiger partial charge in [0.2, 0.25) is 11.9 Å². The van der Waals surface area contributed by atoms with Gasteiger partial charge < -0.3 is 20.8 Å². The molecule has 1 aromatic heterocycles. The molecule has 0 aliphatic heterocycles. The van der Waals surface area contributed by atoms with E-state index >= 15 is 0 Å². The van der Waals surface area contributed by atoms with Crippen LogP contribution in [0.1, 0.15) is 27.7 Å². The van der Waals surface area contributed by atoms with Crippen LogP contribution < -0.4 is 10.6 Å². The van der Waals surface area contributed by atoms with Crippen molar-refractivity contribution >= 4 is 23.7 Å². The van der Waals surface area contributed by atoms with Gasteiger partial charge in [-0.25, -0.2) is 0 Å². The van der Waals surface area contributed by atoms with Crippen LogP contribution in [0.15, 0.2) is 5.16 Å². The molecular weight excluding hydrogens is 254 g/mol. The molecule has 0 amide bonds. The molecule has 102 valence electrons. The molecule has 0 saturated carbocycles. The minimum Gasteiger partial charge on any atom is -0.372 e.